The Morgan fingerprint density at radius 1 is 1.85 bits per heavy atom. The van der Waals surface area contributed by atoms with Gasteiger partial charge in [0.1, 0.15) is 6.10 Å². The van der Waals surface area contributed by atoms with Crippen molar-refractivity contribution in [2.75, 3.05) is 7.11 Å². The summed E-state index contributed by atoms with van der Waals surface area (Å²) in [5, 5.41) is 21.0. The number of carboxylic acid groups (broad SMARTS) is 1. The van der Waals surface area contributed by atoms with E-state index in [4.69, 9.17) is 5.11 Å². The molecule has 0 aliphatic carbocycles. The minimum atomic E-state index is -1.19. The first-order chi connectivity index (χ1) is 6.13. The summed E-state index contributed by atoms with van der Waals surface area (Å²) >= 11 is 0. The molecule has 72 valence electrons. The van der Waals surface area contributed by atoms with Crippen molar-refractivity contribution < 1.29 is 24.3 Å². The number of aliphatic hydroxyl groups excluding tert-OH is 1. The average Bonchev–Trinajstić information content (AvgIpc) is 2.50. The number of carboxylic acids is 1. The molecule has 0 aliphatic heterocycles. The molecule has 1 rings (SSSR count). The Morgan fingerprint density at radius 3 is 3.00 bits per heavy atom. The highest BCUT2D eigenvalue weighted by Gasteiger charge is 2.17. The number of hydrogen-bond donors (Lipinski definition) is 2. The highest BCUT2D eigenvalue weighted by molar-refractivity contribution is 5.67. The van der Waals surface area contributed by atoms with Crippen LogP contribution in [0.15, 0.2) is 10.6 Å². The molecule has 0 amide bonds. The molecular formula is C7H9NO5. The molecule has 0 saturated heterocycles. The zero-order chi connectivity index (χ0) is 9.84. The molecule has 6 nitrogen and oxygen atoms in total. The fourth-order valence-corrected chi connectivity index (χ4v) is 0.791. The lowest BCUT2D eigenvalue weighted by molar-refractivity contribution is -0.139. The maximum absolute atomic E-state index is 10.2. The van der Waals surface area contributed by atoms with E-state index in [-0.39, 0.29) is 11.6 Å². The topological polar surface area (TPSA) is 92.8 Å². The third kappa shape index (κ3) is 2.45. The molecule has 0 aromatic carbocycles. The third-order valence-corrected chi connectivity index (χ3v) is 1.41. The molecule has 0 saturated carbocycles. The fraction of sp³-hybridized carbons (Fsp3) is 0.429. The van der Waals surface area contributed by atoms with Crippen LogP contribution in [0.3, 0.4) is 0 Å². The van der Waals surface area contributed by atoms with Gasteiger partial charge in [0.15, 0.2) is 5.76 Å². The molecule has 0 bridgehead atoms. The van der Waals surface area contributed by atoms with E-state index in [1.165, 1.54) is 13.2 Å². The molecule has 0 unspecified atom stereocenters. The zero-order valence-corrected chi connectivity index (χ0v) is 6.93. The van der Waals surface area contributed by atoms with Crippen LogP contribution >= 0.6 is 0 Å². The molecule has 13 heavy (non-hydrogen) atoms. The van der Waals surface area contributed by atoms with Gasteiger partial charge in [-0.1, -0.05) is 0 Å². The van der Waals surface area contributed by atoms with E-state index in [0.29, 0.717) is 0 Å². The number of ether oxygens (including phenoxy) is 1. The summed E-state index contributed by atoms with van der Waals surface area (Å²) in [6, 6.07) is 1.34. The monoisotopic (exact) mass is 187 g/mol. The van der Waals surface area contributed by atoms with Gasteiger partial charge in [-0.2, -0.15) is 0 Å². The van der Waals surface area contributed by atoms with Crippen molar-refractivity contribution in [2.45, 2.75) is 12.5 Å². The lowest BCUT2D eigenvalue weighted by atomic mass is 10.2. The van der Waals surface area contributed by atoms with Crippen LogP contribution < -0.4 is 4.74 Å². The molecule has 1 atom stereocenters. The Bertz CT molecular complexity index is 295. The summed E-state index contributed by atoms with van der Waals surface area (Å²) in [6.45, 7) is 0. The van der Waals surface area contributed by atoms with Gasteiger partial charge in [-0.05, 0) is 5.16 Å². The maximum atomic E-state index is 10.2. The number of methoxy groups -OCH3 is 1. The highest BCUT2D eigenvalue weighted by atomic mass is 16.5. The summed E-state index contributed by atoms with van der Waals surface area (Å²) in [5.74, 6) is -0.818. The van der Waals surface area contributed by atoms with Crippen LogP contribution in [0, 0.1) is 0 Å². The molecule has 0 fully saturated rings. The predicted octanol–water partition coefficient (Wildman–Crippen LogP) is 0.191. The van der Waals surface area contributed by atoms with Crippen molar-refractivity contribution >= 4 is 5.97 Å². The van der Waals surface area contributed by atoms with Crippen molar-refractivity contribution in [1.29, 1.82) is 0 Å². The molecule has 0 radical (unpaired) electrons. The quantitative estimate of drug-likeness (QED) is 0.698. The molecular weight excluding hydrogens is 178 g/mol. The molecule has 1 aromatic rings. The Morgan fingerprint density at radius 2 is 2.54 bits per heavy atom. The predicted molar refractivity (Wildman–Crippen MR) is 40.3 cm³/mol. The van der Waals surface area contributed by atoms with E-state index in [9.17, 15) is 9.90 Å². The second-order valence-electron chi connectivity index (χ2n) is 2.39. The molecule has 2 N–H and O–H groups in total. The lowest BCUT2D eigenvalue weighted by Crippen LogP contribution is -2.04. The van der Waals surface area contributed by atoms with Gasteiger partial charge in [0, 0.05) is 6.07 Å². The van der Waals surface area contributed by atoms with Crippen molar-refractivity contribution in [3.8, 4) is 5.88 Å². The average molecular weight is 187 g/mol. The van der Waals surface area contributed by atoms with Crippen LogP contribution in [0.5, 0.6) is 5.88 Å². The van der Waals surface area contributed by atoms with Crippen LogP contribution in [0.25, 0.3) is 0 Å². The summed E-state index contributed by atoms with van der Waals surface area (Å²) < 4.78 is 9.32. The van der Waals surface area contributed by atoms with Gasteiger partial charge in [-0.3, -0.25) is 4.79 Å². The Kier molecular flexibility index (Phi) is 2.86. The summed E-state index contributed by atoms with van der Waals surface area (Å²) in [4.78, 5) is 10.2. The maximum Gasteiger partial charge on any atom is 0.306 e. The third-order valence-electron chi connectivity index (χ3n) is 1.41. The van der Waals surface area contributed by atoms with E-state index >= 15 is 0 Å². The van der Waals surface area contributed by atoms with Gasteiger partial charge in [0.05, 0.1) is 13.5 Å². The number of aromatic nitrogens is 1. The normalized spacial score (nSPS) is 12.5. The zero-order valence-electron chi connectivity index (χ0n) is 6.93. The number of rotatable bonds is 4. The summed E-state index contributed by atoms with van der Waals surface area (Å²) in [6.07, 6.45) is -1.60. The Balaban J connectivity index is 2.65. The standard InChI is InChI=1S/C7H9NO5/c1-12-6-3-5(13-8-6)4(9)2-7(10)11/h3-4,9H,2H2,1H3,(H,10,11)/t4-/m1/s1. The van der Waals surface area contributed by atoms with Gasteiger partial charge in [-0.25, -0.2) is 0 Å². The Labute approximate surface area is 73.7 Å². The SMILES string of the molecule is COc1cc([C@H](O)CC(=O)O)on1. The molecule has 1 heterocycles. The lowest BCUT2D eigenvalue weighted by Gasteiger charge is -2.00. The second-order valence-corrected chi connectivity index (χ2v) is 2.39. The first kappa shape index (κ1) is 9.53. The smallest absolute Gasteiger partial charge is 0.306 e. The van der Waals surface area contributed by atoms with E-state index in [0.717, 1.165) is 0 Å². The Hall–Kier alpha value is -1.56. The van der Waals surface area contributed by atoms with Gasteiger partial charge in [0.25, 0.3) is 5.88 Å². The van der Waals surface area contributed by atoms with E-state index in [1.54, 1.807) is 0 Å². The van der Waals surface area contributed by atoms with Gasteiger partial charge in [-0.15, -0.1) is 0 Å². The van der Waals surface area contributed by atoms with Crippen LogP contribution in [-0.4, -0.2) is 28.4 Å². The van der Waals surface area contributed by atoms with Gasteiger partial charge >= 0.3 is 5.97 Å². The van der Waals surface area contributed by atoms with Crippen LogP contribution in [0.2, 0.25) is 0 Å². The summed E-state index contributed by atoms with van der Waals surface area (Å²) in [7, 11) is 1.39. The molecule has 6 heteroatoms. The van der Waals surface area contributed by atoms with Gasteiger partial charge in [0.2, 0.25) is 0 Å². The second kappa shape index (κ2) is 3.90. The highest BCUT2D eigenvalue weighted by Crippen LogP contribution is 2.20. The van der Waals surface area contributed by atoms with Crippen molar-refractivity contribution in [3.63, 3.8) is 0 Å². The number of carbonyl (C=O) groups is 1. The van der Waals surface area contributed by atoms with Crippen molar-refractivity contribution in [1.82, 2.24) is 5.16 Å². The number of nitrogens with zero attached hydrogens (tertiary/aromatic N) is 1. The van der Waals surface area contributed by atoms with Gasteiger partial charge < -0.3 is 19.5 Å². The van der Waals surface area contributed by atoms with E-state index in [1.807, 2.05) is 0 Å². The largest absolute Gasteiger partial charge is 0.481 e. The number of aliphatic hydroxyl groups is 1. The van der Waals surface area contributed by atoms with E-state index in [2.05, 4.69) is 14.4 Å². The molecule has 0 aliphatic rings. The molecule has 1 aromatic heterocycles. The van der Waals surface area contributed by atoms with Crippen LogP contribution in [0.4, 0.5) is 0 Å². The van der Waals surface area contributed by atoms with E-state index < -0.39 is 18.5 Å². The number of hydrogen-bond acceptors (Lipinski definition) is 5. The minimum Gasteiger partial charge on any atom is -0.481 e. The first-order valence-corrected chi connectivity index (χ1v) is 3.54. The fourth-order valence-electron chi connectivity index (χ4n) is 0.791. The number of aliphatic carboxylic acids is 1. The van der Waals surface area contributed by atoms with Crippen LogP contribution in [0.1, 0.15) is 18.3 Å². The molecule has 0 spiro atoms. The van der Waals surface area contributed by atoms with Crippen molar-refractivity contribution in [3.05, 3.63) is 11.8 Å². The minimum absolute atomic E-state index is 0.0826. The van der Waals surface area contributed by atoms with Crippen LogP contribution in [-0.2, 0) is 4.79 Å². The van der Waals surface area contributed by atoms with Crippen molar-refractivity contribution in [2.24, 2.45) is 0 Å². The first-order valence-electron chi connectivity index (χ1n) is 3.54. The summed E-state index contributed by atoms with van der Waals surface area (Å²) in [5.41, 5.74) is 0.